The molecule has 0 saturated heterocycles. The van der Waals surface area contributed by atoms with Gasteiger partial charge in [0.25, 0.3) is 0 Å². The van der Waals surface area contributed by atoms with Crippen molar-refractivity contribution in [1.29, 1.82) is 5.41 Å². The van der Waals surface area contributed by atoms with Crippen LogP contribution in [0.2, 0.25) is 0 Å². The second-order valence-electron chi connectivity index (χ2n) is 9.02. The number of aromatic hydroxyl groups is 1. The van der Waals surface area contributed by atoms with Crippen LogP contribution in [0.3, 0.4) is 0 Å². The van der Waals surface area contributed by atoms with Gasteiger partial charge >= 0.3 is 12.1 Å². The largest absolute Gasteiger partial charge is 0.508 e. The maximum Gasteiger partial charge on any atom is 0.413 e. The van der Waals surface area contributed by atoms with Gasteiger partial charge in [0.1, 0.15) is 22.9 Å². The molecule has 34 heavy (non-hydrogen) atoms. The number of nitrogens with zero attached hydrogens (tertiary/aromatic N) is 1. The van der Waals surface area contributed by atoms with E-state index in [1.165, 1.54) is 0 Å². The Hall–Kier alpha value is -4.33. The molecule has 0 aliphatic carbocycles. The second kappa shape index (κ2) is 8.55. The van der Waals surface area contributed by atoms with Gasteiger partial charge in [-0.15, -0.1) is 0 Å². The van der Waals surface area contributed by atoms with Gasteiger partial charge in [0.2, 0.25) is 0 Å². The summed E-state index contributed by atoms with van der Waals surface area (Å²) in [5, 5.41) is 33.2. The minimum atomic E-state index is -1.09. The average molecular weight is 460 g/mol. The maximum atomic E-state index is 12.1. The van der Waals surface area contributed by atoms with E-state index in [-0.39, 0.29) is 23.8 Å². The molecule has 4 aromatic rings. The summed E-state index contributed by atoms with van der Waals surface area (Å²) >= 11 is 0. The highest BCUT2D eigenvalue weighted by Gasteiger charge is 2.20. The van der Waals surface area contributed by atoms with Crippen LogP contribution >= 0.6 is 0 Å². The van der Waals surface area contributed by atoms with E-state index in [1.54, 1.807) is 61.7 Å². The Morgan fingerprint density at radius 1 is 1.03 bits per heavy atom. The fourth-order valence-corrected chi connectivity index (χ4v) is 3.91. The van der Waals surface area contributed by atoms with Gasteiger partial charge in [-0.05, 0) is 61.4 Å². The summed E-state index contributed by atoms with van der Waals surface area (Å²) in [4.78, 5) is 24.1. The summed E-state index contributed by atoms with van der Waals surface area (Å²) in [5.41, 5.74) is 1.10. The number of rotatable bonds is 4. The van der Waals surface area contributed by atoms with E-state index in [1.807, 2.05) is 24.3 Å². The molecule has 1 amide bonds. The Labute approximate surface area is 195 Å². The second-order valence-corrected chi connectivity index (χ2v) is 9.02. The molecule has 3 aromatic carbocycles. The van der Waals surface area contributed by atoms with Crippen LogP contribution in [-0.4, -0.2) is 38.3 Å². The van der Waals surface area contributed by atoms with Crippen molar-refractivity contribution in [3.8, 4) is 5.75 Å². The van der Waals surface area contributed by atoms with Gasteiger partial charge < -0.3 is 19.5 Å². The SMILES string of the molecule is CC(C)(C)OC(=O)NC(=N)c1ccc2cc(C(=O)O)n(Cc3cc(O)cc4ccccc34)c2c1. The molecule has 1 aromatic heterocycles. The molecule has 0 spiro atoms. The standard InChI is InChI=1S/C26H25N3O5/c1-26(2,3)34-25(33)28-23(27)17-9-8-16-12-22(24(31)32)29(21(16)13-17)14-18-11-19(30)10-15-6-4-5-7-20(15)18/h4-13,30H,14H2,1-3H3,(H,31,32)(H2,27,28,33). The molecular weight excluding hydrogens is 434 g/mol. The number of amidine groups is 1. The minimum Gasteiger partial charge on any atom is -0.508 e. The van der Waals surface area contributed by atoms with Crippen molar-refractivity contribution in [1.82, 2.24) is 9.88 Å². The van der Waals surface area contributed by atoms with Gasteiger partial charge in [-0.1, -0.05) is 36.4 Å². The predicted octanol–water partition coefficient (Wildman–Crippen LogP) is 5.10. The predicted molar refractivity (Wildman–Crippen MR) is 130 cm³/mol. The number of carboxylic acids is 1. The van der Waals surface area contributed by atoms with Crippen LogP contribution < -0.4 is 5.32 Å². The fraction of sp³-hybridized carbons (Fsp3) is 0.192. The highest BCUT2D eigenvalue weighted by atomic mass is 16.6. The molecule has 8 heteroatoms. The summed E-state index contributed by atoms with van der Waals surface area (Å²) < 4.78 is 6.84. The number of phenols is 1. The zero-order valence-corrected chi connectivity index (χ0v) is 19.0. The first-order valence-corrected chi connectivity index (χ1v) is 10.7. The van der Waals surface area contributed by atoms with Crippen LogP contribution in [0.1, 0.15) is 42.4 Å². The van der Waals surface area contributed by atoms with Gasteiger partial charge in [-0.3, -0.25) is 10.7 Å². The van der Waals surface area contributed by atoms with Crippen molar-refractivity contribution >= 4 is 39.6 Å². The minimum absolute atomic E-state index is 0.0752. The van der Waals surface area contributed by atoms with Crippen LogP contribution in [0.4, 0.5) is 4.79 Å². The molecule has 0 bridgehead atoms. The van der Waals surface area contributed by atoms with Crippen molar-refractivity contribution in [3.63, 3.8) is 0 Å². The lowest BCUT2D eigenvalue weighted by molar-refractivity contribution is 0.0562. The number of carboxylic acid groups (broad SMARTS) is 1. The molecule has 4 N–H and O–H groups in total. The number of ether oxygens (including phenoxy) is 1. The Kier molecular flexibility index (Phi) is 5.75. The number of aromatic carboxylic acids is 1. The van der Waals surface area contributed by atoms with E-state index in [0.29, 0.717) is 16.5 Å². The van der Waals surface area contributed by atoms with Crippen LogP contribution in [-0.2, 0) is 11.3 Å². The van der Waals surface area contributed by atoms with E-state index in [9.17, 15) is 19.8 Å². The number of carbonyl (C=O) groups excluding carboxylic acids is 1. The number of alkyl carbamates (subject to hydrolysis) is 1. The van der Waals surface area contributed by atoms with Crippen molar-refractivity contribution in [2.24, 2.45) is 0 Å². The van der Waals surface area contributed by atoms with Crippen LogP contribution in [0.15, 0.2) is 60.7 Å². The first-order valence-electron chi connectivity index (χ1n) is 10.7. The highest BCUT2D eigenvalue weighted by Crippen LogP contribution is 2.28. The Bertz CT molecular complexity index is 1450. The molecule has 0 saturated carbocycles. The Morgan fingerprint density at radius 2 is 1.76 bits per heavy atom. The number of benzene rings is 3. The molecule has 8 nitrogen and oxygen atoms in total. The lowest BCUT2D eigenvalue weighted by atomic mass is 10.0. The van der Waals surface area contributed by atoms with Crippen LogP contribution in [0.25, 0.3) is 21.7 Å². The summed E-state index contributed by atoms with van der Waals surface area (Å²) in [6.07, 6.45) is -0.745. The van der Waals surface area contributed by atoms with E-state index in [2.05, 4.69) is 5.32 Å². The summed E-state index contributed by atoms with van der Waals surface area (Å²) in [6, 6.07) is 17.4. The molecule has 1 heterocycles. The third-order valence-corrected chi connectivity index (χ3v) is 5.30. The number of hydrogen-bond acceptors (Lipinski definition) is 5. The number of hydrogen-bond donors (Lipinski definition) is 4. The average Bonchev–Trinajstić information content (AvgIpc) is 3.10. The third-order valence-electron chi connectivity index (χ3n) is 5.30. The lowest BCUT2D eigenvalue weighted by Gasteiger charge is -2.19. The fourth-order valence-electron chi connectivity index (χ4n) is 3.91. The summed E-state index contributed by atoms with van der Waals surface area (Å²) in [5.74, 6) is -1.17. The number of amides is 1. The van der Waals surface area contributed by atoms with Crippen molar-refractivity contribution in [2.45, 2.75) is 32.9 Å². The molecule has 0 aliphatic rings. The molecule has 0 atom stereocenters. The maximum absolute atomic E-state index is 12.1. The van der Waals surface area contributed by atoms with Gasteiger partial charge in [-0.25, -0.2) is 9.59 Å². The zero-order chi connectivity index (χ0) is 24.6. The molecule has 0 fully saturated rings. The van der Waals surface area contributed by atoms with E-state index in [0.717, 1.165) is 16.3 Å². The normalized spacial score (nSPS) is 11.5. The lowest BCUT2D eigenvalue weighted by Crippen LogP contribution is -2.36. The van der Waals surface area contributed by atoms with Crippen LogP contribution in [0.5, 0.6) is 5.75 Å². The first-order chi connectivity index (χ1) is 16.0. The van der Waals surface area contributed by atoms with E-state index >= 15 is 0 Å². The van der Waals surface area contributed by atoms with Crippen molar-refractivity contribution in [2.75, 3.05) is 0 Å². The number of aromatic nitrogens is 1. The topological polar surface area (TPSA) is 125 Å². The van der Waals surface area contributed by atoms with Gasteiger partial charge in [0.15, 0.2) is 0 Å². The first kappa shape index (κ1) is 22.8. The molecule has 0 aliphatic heterocycles. The summed E-state index contributed by atoms with van der Waals surface area (Å²) in [6.45, 7) is 5.38. The third kappa shape index (κ3) is 4.71. The van der Waals surface area contributed by atoms with Gasteiger partial charge in [0.05, 0.1) is 0 Å². The zero-order valence-electron chi connectivity index (χ0n) is 19.0. The summed E-state index contributed by atoms with van der Waals surface area (Å²) in [7, 11) is 0. The smallest absolute Gasteiger partial charge is 0.413 e. The monoisotopic (exact) mass is 459 g/mol. The molecule has 174 valence electrons. The molecule has 0 unspecified atom stereocenters. The van der Waals surface area contributed by atoms with Crippen molar-refractivity contribution in [3.05, 3.63) is 77.5 Å². The highest BCUT2D eigenvalue weighted by molar-refractivity contribution is 6.07. The number of phenolic OH excluding ortho intramolecular Hbond substituents is 1. The number of nitrogens with one attached hydrogen (secondary N) is 2. The molecule has 0 radical (unpaired) electrons. The van der Waals surface area contributed by atoms with Crippen LogP contribution in [0, 0.1) is 5.41 Å². The Morgan fingerprint density at radius 3 is 2.47 bits per heavy atom. The van der Waals surface area contributed by atoms with E-state index in [4.69, 9.17) is 10.1 Å². The Balaban J connectivity index is 1.76. The van der Waals surface area contributed by atoms with E-state index < -0.39 is 17.7 Å². The quantitative estimate of drug-likeness (QED) is 0.250. The molecule has 4 rings (SSSR count). The number of carbonyl (C=O) groups is 2. The van der Waals surface area contributed by atoms with Gasteiger partial charge in [-0.2, -0.15) is 0 Å². The van der Waals surface area contributed by atoms with Crippen molar-refractivity contribution < 1.29 is 24.5 Å². The number of fused-ring (bicyclic) bond motifs is 2. The van der Waals surface area contributed by atoms with Gasteiger partial charge in [0, 0.05) is 23.0 Å². The molecular formula is C26H25N3O5.